The molecule has 3 aromatic carbocycles. The van der Waals surface area contributed by atoms with E-state index in [0.717, 1.165) is 11.1 Å². The lowest BCUT2D eigenvalue weighted by atomic mass is 9.95. The topological polar surface area (TPSA) is 92.1 Å². The Morgan fingerprint density at radius 3 is 2.33 bits per heavy atom. The van der Waals surface area contributed by atoms with Crippen LogP contribution in [0.2, 0.25) is 10.0 Å². The van der Waals surface area contributed by atoms with Crippen LogP contribution < -0.4 is 0 Å². The number of rotatable bonds is 5. The maximum atomic E-state index is 13.4. The van der Waals surface area contributed by atoms with Crippen LogP contribution in [0.25, 0.3) is 11.3 Å². The Kier molecular flexibility index (Phi) is 5.36. The van der Waals surface area contributed by atoms with Gasteiger partial charge in [-0.2, -0.15) is 5.10 Å². The third-order valence-electron chi connectivity index (χ3n) is 5.64. The first-order valence-electron chi connectivity index (χ1n) is 10.1. The Bertz CT molecular complexity index is 1370. The lowest BCUT2D eigenvalue weighted by molar-refractivity contribution is -0.384. The van der Waals surface area contributed by atoms with Crippen molar-refractivity contribution < 1.29 is 9.72 Å². The van der Waals surface area contributed by atoms with E-state index in [9.17, 15) is 14.9 Å². The van der Waals surface area contributed by atoms with Gasteiger partial charge in [0.2, 0.25) is 0 Å². The van der Waals surface area contributed by atoms with Crippen molar-refractivity contribution in [2.24, 2.45) is 0 Å². The van der Waals surface area contributed by atoms with Gasteiger partial charge in [-0.3, -0.25) is 20.0 Å². The molecular formula is C24H16Cl2N4O3. The lowest BCUT2D eigenvalue weighted by Crippen LogP contribution is -2.29. The Morgan fingerprint density at radius 1 is 1.00 bits per heavy atom. The van der Waals surface area contributed by atoms with Crippen LogP contribution in [0.15, 0.2) is 72.8 Å². The molecule has 0 saturated heterocycles. The number of fused-ring (bicyclic) bond motifs is 1. The molecule has 0 radical (unpaired) electrons. The number of carbonyl (C=O) groups excluding carboxylic acids is 1. The number of aromatic nitrogens is 2. The molecule has 5 rings (SSSR count). The van der Waals surface area contributed by atoms with Gasteiger partial charge in [-0.25, -0.2) is 0 Å². The maximum Gasteiger partial charge on any atom is 0.273 e. The van der Waals surface area contributed by atoms with Crippen molar-refractivity contribution >= 4 is 34.8 Å². The second-order valence-electron chi connectivity index (χ2n) is 7.68. The number of amides is 1. The van der Waals surface area contributed by atoms with Gasteiger partial charge < -0.3 is 4.90 Å². The minimum Gasteiger partial charge on any atom is -0.322 e. The molecule has 0 spiro atoms. The van der Waals surface area contributed by atoms with E-state index in [-0.39, 0.29) is 11.6 Å². The zero-order valence-electron chi connectivity index (χ0n) is 17.0. The molecule has 1 atom stereocenters. The predicted molar refractivity (Wildman–Crippen MR) is 125 cm³/mol. The van der Waals surface area contributed by atoms with Crippen molar-refractivity contribution in [1.82, 2.24) is 15.1 Å². The molecule has 164 valence electrons. The fourth-order valence-corrected chi connectivity index (χ4v) is 4.38. The summed E-state index contributed by atoms with van der Waals surface area (Å²) in [6.07, 6.45) is 0. The number of benzene rings is 3. The number of hydrogen-bond donors (Lipinski definition) is 1. The molecule has 0 aliphatic carbocycles. The first-order valence-corrected chi connectivity index (χ1v) is 10.8. The van der Waals surface area contributed by atoms with Crippen LogP contribution in [0.3, 0.4) is 0 Å². The summed E-state index contributed by atoms with van der Waals surface area (Å²) in [6.45, 7) is 0.298. The number of aromatic amines is 1. The number of nitrogens with one attached hydrogen (secondary N) is 1. The number of H-pyrrole nitrogens is 1. The van der Waals surface area contributed by atoms with Crippen LogP contribution >= 0.6 is 23.2 Å². The fourth-order valence-electron chi connectivity index (χ4n) is 4.13. The van der Waals surface area contributed by atoms with Crippen molar-refractivity contribution in [2.75, 3.05) is 0 Å². The first kappa shape index (κ1) is 21.2. The van der Waals surface area contributed by atoms with E-state index >= 15 is 0 Å². The van der Waals surface area contributed by atoms with E-state index in [1.165, 1.54) is 12.1 Å². The van der Waals surface area contributed by atoms with Gasteiger partial charge in [0.25, 0.3) is 11.6 Å². The Hall–Kier alpha value is -3.68. The Balaban J connectivity index is 1.65. The van der Waals surface area contributed by atoms with Crippen molar-refractivity contribution in [3.8, 4) is 11.3 Å². The van der Waals surface area contributed by atoms with Gasteiger partial charge in [0, 0.05) is 39.8 Å². The molecule has 33 heavy (non-hydrogen) atoms. The standard InChI is InChI=1S/C24H16Cl2N4O3/c25-17-8-4-14(5-9-17)13-29-23(16-2-1-3-19(12-16)30(32)33)20-21(27-28-22(20)24(29)31)15-6-10-18(26)11-7-15/h1-12,23H,13H2,(H,27,28). The summed E-state index contributed by atoms with van der Waals surface area (Å²) in [5.41, 5.74) is 3.90. The van der Waals surface area contributed by atoms with E-state index in [1.54, 1.807) is 41.3 Å². The van der Waals surface area contributed by atoms with Crippen molar-refractivity contribution in [3.05, 3.63) is 115 Å². The molecule has 9 heteroatoms. The van der Waals surface area contributed by atoms with Crippen LogP contribution in [-0.2, 0) is 6.54 Å². The lowest BCUT2D eigenvalue weighted by Gasteiger charge is -2.26. The molecule has 0 bridgehead atoms. The fraction of sp³-hybridized carbons (Fsp3) is 0.0833. The highest BCUT2D eigenvalue weighted by Crippen LogP contribution is 2.44. The zero-order chi connectivity index (χ0) is 23.1. The molecule has 1 N–H and O–H groups in total. The van der Waals surface area contributed by atoms with Crippen molar-refractivity contribution in [3.63, 3.8) is 0 Å². The largest absolute Gasteiger partial charge is 0.322 e. The van der Waals surface area contributed by atoms with Gasteiger partial charge in [-0.1, -0.05) is 59.6 Å². The molecule has 4 aromatic rings. The molecule has 1 unspecified atom stereocenters. The summed E-state index contributed by atoms with van der Waals surface area (Å²) in [5, 5.41) is 19.9. The number of nitro groups is 1. The third-order valence-corrected chi connectivity index (χ3v) is 6.15. The highest BCUT2D eigenvalue weighted by molar-refractivity contribution is 6.30. The number of nitrogens with zero attached hydrogens (tertiary/aromatic N) is 3. The molecule has 7 nitrogen and oxygen atoms in total. The predicted octanol–water partition coefficient (Wildman–Crippen LogP) is 6.04. The monoisotopic (exact) mass is 478 g/mol. The quantitative estimate of drug-likeness (QED) is 0.279. The number of non-ortho nitro benzene ring substituents is 1. The Labute approximate surface area is 198 Å². The SMILES string of the molecule is O=C1c2[nH]nc(-c3ccc(Cl)cc3)c2C(c2cccc([N+](=O)[O-])c2)N1Cc1ccc(Cl)cc1. The summed E-state index contributed by atoms with van der Waals surface area (Å²) in [6, 6.07) is 20.2. The molecule has 1 aliphatic rings. The maximum absolute atomic E-state index is 13.4. The number of nitro benzene ring substituents is 1. The number of carbonyl (C=O) groups is 1. The third kappa shape index (κ3) is 3.86. The summed E-state index contributed by atoms with van der Waals surface area (Å²) in [5.74, 6) is -0.232. The van der Waals surface area contributed by atoms with E-state index < -0.39 is 11.0 Å². The average molecular weight is 479 g/mol. The highest BCUT2D eigenvalue weighted by Gasteiger charge is 2.42. The van der Waals surface area contributed by atoms with Crippen LogP contribution in [0.1, 0.15) is 33.2 Å². The van der Waals surface area contributed by atoms with Crippen LogP contribution in [0.5, 0.6) is 0 Å². The molecule has 1 aliphatic heterocycles. The molecular weight excluding hydrogens is 463 g/mol. The van der Waals surface area contributed by atoms with Crippen LogP contribution in [0.4, 0.5) is 5.69 Å². The van der Waals surface area contributed by atoms with Crippen molar-refractivity contribution in [1.29, 1.82) is 0 Å². The normalized spacial score (nSPS) is 15.0. The van der Waals surface area contributed by atoms with Crippen LogP contribution in [-0.4, -0.2) is 25.9 Å². The second kappa shape index (κ2) is 8.35. The minimum atomic E-state index is -0.562. The van der Waals surface area contributed by atoms with E-state index in [2.05, 4.69) is 10.2 Å². The highest BCUT2D eigenvalue weighted by atomic mass is 35.5. The molecule has 2 heterocycles. The van der Waals surface area contributed by atoms with Crippen LogP contribution in [0, 0.1) is 10.1 Å². The number of hydrogen-bond acceptors (Lipinski definition) is 4. The van der Waals surface area contributed by atoms with Gasteiger partial charge >= 0.3 is 0 Å². The van der Waals surface area contributed by atoms with Gasteiger partial charge in [-0.15, -0.1) is 0 Å². The van der Waals surface area contributed by atoms with Gasteiger partial charge in [0.15, 0.2) is 0 Å². The molecule has 1 aromatic heterocycles. The zero-order valence-corrected chi connectivity index (χ0v) is 18.5. The van der Waals surface area contributed by atoms with Gasteiger partial charge in [-0.05, 0) is 35.4 Å². The van der Waals surface area contributed by atoms with Crippen molar-refractivity contribution in [2.45, 2.75) is 12.6 Å². The first-order chi connectivity index (χ1) is 15.9. The van der Waals surface area contributed by atoms with E-state index in [0.29, 0.717) is 39.1 Å². The average Bonchev–Trinajstić information content (AvgIpc) is 3.35. The minimum absolute atomic E-state index is 0.0450. The molecule has 0 saturated carbocycles. The van der Waals surface area contributed by atoms with E-state index in [4.69, 9.17) is 23.2 Å². The summed E-state index contributed by atoms with van der Waals surface area (Å²) >= 11 is 12.1. The van der Waals surface area contributed by atoms with E-state index in [1.807, 2.05) is 24.3 Å². The molecule has 1 amide bonds. The molecule has 0 fully saturated rings. The van der Waals surface area contributed by atoms with Gasteiger partial charge in [0.1, 0.15) is 5.69 Å². The number of halogens is 2. The smallest absolute Gasteiger partial charge is 0.273 e. The summed E-state index contributed by atoms with van der Waals surface area (Å²) in [4.78, 5) is 26.1. The van der Waals surface area contributed by atoms with Gasteiger partial charge in [0.05, 0.1) is 16.7 Å². The summed E-state index contributed by atoms with van der Waals surface area (Å²) in [7, 11) is 0. The second-order valence-corrected chi connectivity index (χ2v) is 8.55. The summed E-state index contributed by atoms with van der Waals surface area (Å²) < 4.78 is 0. The Morgan fingerprint density at radius 2 is 1.67 bits per heavy atom.